The van der Waals surface area contributed by atoms with Gasteiger partial charge in [-0.25, -0.2) is 0 Å². The summed E-state index contributed by atoms with van der Waals surface area (Å²) >= 11 is 0. The van der Waals surface area contributed by atoms with E-state index in [9.17, 15) is 4.79 Å². The fourth-order valence-electron chi connectivity index (χ4n) is 1.35. The minimum Gasteiger partial charge on any atom is -0.329 e. The van der Waals surface area contributed by atoms with Gasteiger partial charge in [0, 0.05) is 18.4 Å². The van der Waals surface area contributed by atoms with Crippen LogP contribution in [0.3, 0.4) is 0 Å². The van der Waals surface area contributed by atoms with Crippen molar-refractivity contribution in [2.45, 2.75) is 26.7 Å². The number of aryl methyl sites for hydroxylation is 1. The molecule has 0 spiro atoms. The first-order valence-corrected chi connectivity index (χ1v) is 5.33. The number of hydrogen-bond acceptors (Lipinski definition) is 2. The van der Waals surface area contributed by atoms with Crippen molar-refractivity contribution in [2.24, 2.45) is 11.1 Å². The van der Waals surface area contributed by atoms with Gasteiger partial charge in [0.15, 0.2) is 0 Å². The van der Waals surface area contributed by atoms with Gasteiger partial charge in [-0.2, -0.15) is 0 Å². The Balaban J connectivity index is 2.48. The zero-order valence-corrected chi connectivity index (χ0v) is 9.49. The number of Topliss-reactive ketones (excluding diaryl/α,β-unsaturated/α-hetero) is 1. The van der Waals surface area contributed by atoms with Crippen LogP contribution in [-0.4, -0.2) is 12.3 Å². The van der Waals surface area contributed by atoms with Crippen LogP contribution in [0.5, 0.6) is 0 Å². The van der Waals surface area contributed by atoms with Crippen molar-refractivity contribution in [1.82, 2.24) is 0 Å². The summed E-state index contributed by atoms with van der Waals surface area (Å²) < 4.78 is 0. The van der Waals surface area contributed by atoms with Gasteiger partial charge in [-0.1, -0.05) is 44.2 Å². The van der Waals surface area contributed by atoms with Gasteiger partial charge in [-0.15, -0.1) is 0 Å². The Kier molecular flexibility index (Phi) is 4.04. The quantitative estimate of drug-likeness (QED) is 0.800. The van der Waals surface area contributed by atoms with Gasteiger partial charge in [0.05, 0.1) is 0 Å². The van der Waals surface area contributed by atoms with E-state index in [2.05, 4.69) is 0 Å². The zero-order chi connectivity index (χ0) is 11.3. The lowest BCUT2D eigenvalue weighted by Crippen LogP contribution is -2.32. The molecule has 82 valence electrons. The van der Waals surface area contributed by atoms with Gasteiger partial charge in [0.1, 0.15) is 5.78 Å². The summed E-state index contributed by atoms with van der Waals surface area (Å²) in [5, 5.41) is 0. The van der Waals surface area contributed by atoms with Crippen LogP contribution in [0.1, 0.15) is 25.8 Å². The molecule has 0 aromatic heterocycles. The summed E-state index contributed by atoms with van der Waals surface area (Å²) in [5.74, 6) is 0.244. The van der Waals surface area contributed by atoms with Gasteiger partial charge in [-0.3, -0.25) is 4.79 Å². The zero-order valence-electron chi connectivity index (χ0n) is 9.49. The number of nitrogens with two attached hydrogens (primary N) is 1. The molecule has 0 aliphatic heterocycles. The summed E-state index contributed by atoms with van der Waals surface area (Å²) in [7, 11) is 0. The molecule has 0 saturated carbocycles. The van der Waals surface area contributed by atoms with Crippen molar-refractivity contribution < 1.29 is 4.79 Å². The third kappa shape index (κ3) is 3.48. The lowest BCUT2D eigenvalue weighted by Gasteiger charge is -2.20. The molecule has 0 amide bonds. The Labute approximate surface area is 91.5 Å². The highest BCUT2D eigenvalue weighted by Crippen LogP contribution is 2.17. The maximum atomic E-state index is 11.8. The summed E-state index contributed by atoms with van der Waals surface area (Å²) in [6.45, 7) is 4.22. The molecule has 2 N–H and O–H groups in total. The van der Waals surface area contributed by atoms with E-state index < -0.39 is 0 Å². The lowest BCUT2D eigenvalue weighted by atomic mass is 9.85. The molecule has 0 fully saturated rings. The Morgan fingerprint density at radius 2 is 1.87 bits per heavy atom. The van der Waals surface area contributed by atoms with Crippen molar-refractivity contribution in [2.75, 3.05) is 6.54 Å². The fourth-order valence-corrected chi connectivity index (χ4v) is 1.35. The summed E-state index contributed by atoms with van der Waals surface area (Å²) in [4.78, 5) is 11.8. The van der Waals surface area contributed by atoms with Crippen LogP contribution in [0.2, 0.25) is 0 Å². The van der Waals surface area contributed by atoms with Crippen LogP contribution in [0.15, 0.2) is 30.3 Å². The maximum absolute atomic E-state index is 11.8. The third-order valence-corrected chi connectivity index (χ3v) is 2.75. The molecule has 0 atom stereocenters. The number of benzene rings is 1. The number of ketones is 1. The minimum absolute atomic E-state index is 0.244. The monoisotopic (exact) mass is 205 g/mol. The van der Waals surface area contributed by atoms with Crippen molar-refractivity contribution in [3.63, 3.8) is 0 Å². The maximum Gasteiger partial charge on any atom is 0.140 e. The van der Waals surface area contributed by atoms with Crippen molar-refractivity contribution >= 4 is 5.78 Å². The highest BCUT2D eigenvalue weighted by molar-refractivity contribution is 5.84. The molecule has 0 bridgehead atoms. The molecule has 0 unspecified atom stereocenters. The molecule has 0 radical (unpaired) electrons. The molecule has 0 saturated heterocycles. The van der Waals surface area contributed by atoms with Crippen molar-refractivity contribution in [3.8, 4) is 0 Å². The van der Waals surface area contributed by atoms with E-state index in [4.69, 9.17) is 5.73 Å². The van der Waals surface area contributed by atoms with E-state index in [0.717, 1.165) is 6.42 Å². The van der Waals surface area contributed by atoms with Crippen molar-refractivity contribution in [3.05, 3.63) is 35.9 Å². The van der Waals surface area contributed by atoms with E-state index in [-0.39, 0.29) is 11.2 Å². The average molecular weight is 205 g/mol. The average Bonchev–Trinajstić information content (AvgIpc) is 2.27. The Hall–Kier alpha value is -1.15. The number of carbonyl (C=O) groups is 1. The summed E-state index contributed by atoms with van der Waals surface area (Å²) in [5.41, 5.74) is 6.38. The predicted molar refractivity (Wildman–Crippen MR) is 62.6 cm³/mol. The smallest absolute Gasteiger partial charge is 0.140 e. The molecule has 1 rings (SSSR count). The van der Waals surface area contributed by atoms with Gasteiger partial charge >= 0.3 is 0 Å². The second kappa shape index (κ2) is 5.08. The molecular formula is C13H19NO. The molecular weight excluding hydrogens is 186 g/mol. The normalized spacial score (nSPS) is 11.4. The second-order valence-corrected chi connectivity index (χ2v) is 4.50. The van der Waals surface area contributed by atoms with E-state index in [1.807, 2.05) is 44.2 Å². The van der Waals surface area contributed by atoms with Crippen LogP contribution >= 0.6 is 0 Å². The number of hydrogen-bond donors (Lipinski definition) is 1. The molecule has 15 heavy (non-hydrogen) atoms. The highest BCUT2D eigenvalue weighted by atomic mass is 16.1. The van der Waals surface area contributed by atoms with Crippen LogP contribution in [-0.2, 0) is 11.2 Å². The first-order valence-electron chi connectivity index (χ1n) is 5.33. The summed E-state index contributed by atoms with van der Waals surface area (Å²) in [6.07, 6.45) is 1.39. The lowest BCUT2D eigenvalue weighted by molar-refractivity contribution is -0.126. The van der Waals surface area contributed by atoms with Crippen LogP contribution in [0, 0.1) is 5.41 Å². The minimum atomic E-state index is -0.380. The molecule has 0 heterocycles. The van der Waals surface area contributed by atoms with Gasteiger partial charge in [0.25, 0.3) is 0 Å². The third-order valence-electron chi connectivity index (χ3n) is 2.75. The molecule has 1 aromatic rings. The molecule has 0 aliphatic rings. The van der Waals surface area contributed by atoms with Crippen LogP contribution in [0.4, 0.5) is 0 Å². The van der Waals surface area contributed by atoms with E-state index >= 15 is 0 Å². The van der Waals surface area contributed by atoms with E-state index in [1.54, 1.807) is 0 Å². The first-order chi connectivity index (χ1) is 7.06. The van der Waals surface area contributed by atoms with Crippen LogP contribution < -0.4 is 5.73 Å². The molecule has 0 aliphatic carbocycles. The topological polar surface area (TPSA) is 43.1 Å². The Morgan fingerprint density at radius 1 is 1.27 bits per heavy atom. The highest BCUT2D eigenvalue weighted by Gasteiger charge is 2.24. The Morgan fingerprint density at radius 3 is 2.40 bits per heavy atom. The Bertz CT molecular complexity index is 317. The fraction of sp³-hybridized carbons (Fsp3) is 0.462. The van der Waals surface area contributed by atoms with Crippen molar-refractivity contribution in [1.29, 1.82) is 0 Å². The number of carbonyl (C=O) groups excluding carboxylic acids is 1. The van der Waals surface area contributed by atoms with Gasteiger partial charge in [0.2, 0.25) is 0 Å². The van der Waals surface area contributed by atoms with Crippen LogP contribution in [0.25, 0.3) is 0 Å². The van der Waals surface area contributed by atoms with Gasteiger partial charge in [-0.05, 0) is 12.0 Å². The molecule has 2 nitrogen and oxygen atoms in total. The van der Waals surface area contributed by atoms with Gasteiger partial charge < -0.3 is 5.73 Å². The summed E-state index contributed by atoms with van der Waals surface area (Å²) in [6, 6.07) is 10.1. The molecule has 2 heteroatoms. The SMILES string of the molecule is CC(C)(CN)C(=O)CCc1ccccc1. The first kappa shape index (κ1) is 11.9. The largest absolute Gasteiger partial charge is 0.329 e. The predicted octanol–water partition coefficient (Wildman–Crippen LogP) is 2.17. The number of rotatable bonds is 5. The molecule has 1 aromatic carbocycles. The van der Waals surface area contributed by atoms with E-state index in [1.165, 1.54) is 5.56 Å². The standard InChI is InChI=1S/C13H19NO/c1-13(2,10-14)12(15)9-8-11-6-4-3-5-7-11/h3-7H,8-10,14H2,1-2H3. The second-order valence-electron chi connectivity index (χ2n) is 4.50. The van der Waals surface area contributed by atoms with E-state index in [0.29, 0.717) is 13.0 Å².